The molecule has 0 bridgehead atoms. The van der Waals surface area contributed by atoms with Crippen molar-refractivity contribution >= 4 is 21.8 Å². The second-order valence-corrected chi connectivity index (χ2v) is 5.97. The van der Waals surface area contributed by atoms with Gasteiger partial charge in [0, 0.05) is 13.1 Å². The number of nitrogens with one attached hydrogen (secondary N) is 1. The Labute approximate surface area is 127 Å². The van der Waals surface area contributed by atoms with Crippen LogP contribution in [0.15, 0.2) is 22.7 Å². The van der Waals surface area contributed by atoms with Crippen LogP contribution in [0.4, 0.5) is 4.39 Å². The van der Waals surface area contributed by atoms with Crippen molar-refractivity contribution in [3.63, 3.8) is 0 Å². The van der Waals surface area contributed by atoms with Crippen molar-refractivity contribution in [3.05, 3.63) is 34.1 Å². The van der Waals surface area contributed by atoms with Crippen LogP contribution in [0.25, 0.3) is 0 Å². The van der Waals surface area contributed by atoms with E-state index in [-0.39, 0.29) is 11.5 Å². The van der Waals surface area contributed by atoms with Gasteiger partial charge in [0.15, 0.2) is 0 Å². The lowest BCUT2D eigenvalue weighted by Gasteiger charge is -2.19. The molecule has 1 heterocycles. The van der Waals surface area contributed by atoms with E-state index in [9.17, 15) is 9.18 Å². The number of halogens is 2. The molecule has 20 heavy (non-hydrogen) atoms. The minimum atomic E-state index is -0.500. The molecule has 2 rings (SSSR count). The summed E-state index contributed by atoms with van der Waals surface area (Å²) < 4.78 is 14.1. The van der Waals surface area contributed by atoms with Gasteiger partial charge in [-0.25, -0.2) is 4.39 Å². The Kier molecular flexibility index (Phi) is 5.98. The molecular formula is C15H20BrFN2O. The van der Waals surface area contributed by atoms with Gasteiger partial charge in [0.25, 0.3) is 5.91 Å². The van der Waals surface area contributed by atoms with Gasteiger partial charge in [0.2, 0.25) is 0 Å². The van der Waals surface area contributed by atoms with Crippen molar-refractivity contribution in [3.8, 4) is 0 Å². The first kappa shape index (κ1) is 15.4. The monoisotopic (exact) mass is 342 g/mol. The third-order valence-electron chi connectivity index (χ3n) is 3.61. The Morgan fingerprint density at radius 1 is 1.25 bits per heavy atom. The number of rotatable bonds is 4. The maximum atomic E-state index is 13.8. The van der Waals surface area contributed by atoms with Crippen molar-refractivity contribution < 1.29 is 9.18 Å². The zero-order valence-electron chi connectivity index (χ0n) is 11.5. The summed E-state index contributed by atoms with van der Waals surface area (Å²) in [5, 5.41) is 2.79. The first-order chi connectivity index (χ1) is 9.68. The molecule has 0 saturated carbocycles. The zero-order valence-corrected chi connectivity index (χ0v) is 13.1. The quantitative estimate of drug-likeness (QED) is 0.911. The minimum Gasteiger partial charge on any atom is -0.351 e. The van der Waals surface area contributed by atoms with E-state index in [2.05, 4.69) is 26.1 Å². The molecule has 1 N–H and O–H groups in total. The topological polar surface area (TPSA) is 32.3 Å². The second-order valence-electron chi connectivity index (χ2n) is 5.11. The fourth-order valence-electron chi connectivity index (χ4n) is 2.46. The van der Waals surface area contributed by atoms with Gasteiger partial charge in [-0.1, -0.05) is 18.9 Å². The van der Waals surface area contributed by atoms with E-state index in [0.29, 0.717) is 11.0 Å². The first-order valence-corrected chi connectivity index (χ1v) is 7.92. The number of hydrogen-bond donors (Lipinski definition) is 1. The maximum Gasteiger partial charge on any atom is 0.254 e. The summed E-state index contributed by atoms with van der Waals surface area (Å²) in [6.07, 6.45) is 5.06. The predicted molar refractivity (Wildman–Crippen MR) is 81.3 cm³/mol. The van der Waals surface area contributed by atoms with Crippen LogP contribution in [0, 0.1) is 5.82 Å². The molecule has 0 aromatic heterocycles. The normalized spacial score (nSPS) is 16.7. The van der Waals surface area contributed by atoms with Gasteiger partial charge >= 0.3 is 0 Å². The molecule has 0 atom stereocenters. The number of likely N-dealkylation sites (tertiary alicyclic amines) is 1. The first-order valence-electron chi connectivity index (χ1n) is 7.13. The van der Waals surface area contributed by atoms with Gasteiger partial charge in [-0.05, 0) is 54.0 Å². The molecule has 0 aliphatic carbocycles. The smallest absolute Gasteiger partial charge is 0.254 e. The van der Waals surface area contributed by atoms with Crippen LogP contribution in [0.3, 0.4) is 0 Å². The molecule has 1 aliphatic heterocycles. The number of nitrogens with zero attached hydrogens (tertiary/aromatic N) is 1. The van der Waals surface area contributed by atoms with Crippen LogP contribution in [-0.2, 0) is 0 Å². The van der Waals surface area contributed by atoms with Gasteiger partial charge in [0.1, 0.15) is 5.82 Å². The van der Waals surface area contributed by atoms with E-state index < -0.39 is 5.82 Å². The summed E-state index contributed by atoms with van der Waals surface area (Å²) in [6.45, 7) is 3.59. The third kappa shape index (κ3) is 4.28. The maximum absolute atomic E-state index is 13.8. The average molecular weight is 343 g/mol. The van der Waals surface area contributed by atoms with Crippen molar-refractivity contribution in [2.24, 2.45) is 0 Å². The molecule has 1 aromatic carbocycles. The molecule has 3 nitrogen and oxygen atoms in total. The van der Waals surface area contributed by atoms with Gasteiger partial charge in [0.05, 0.1) is 10.0 Å². The molecule has 5 heteroatoms. The van der Waals surface area contributed by atoms with E-state index in [4.69, 9.17) is 0 Å². The minimum absolute atomic E-state index is 0.0928. The molecule has 1 amide bonds. The summed E-state index contributed by atoms with van der Waals surface area (Å²) >= 11 is 3.09. The van der Waals surface area contributed by atoms with Gasteiger partial charge in [-0.3, -0.25) is 4.79 Å². The number of carbonyl (C=O) groups excluding carboxylic acids is 1. The predicted octanol–water partition coefficient (Wildman–Crippen LogP) is 3.19. The van der Waals surface area contributed by atoms with Crippen molar-refractivity contribution in [2.45, 2.75) is 25.7 Å². The Balaban J connectivity index is 1.81. The molecule has 110 valence electrons. The molecule has 1 saturated heterocycles. The molecule has 0 unspecified atom stereocenters. The zero-order chi connectivity index (χ0) is 14.4. The number of carbonyl (C=O) groups is 1. The van der Waals surface area contributed by atoms with E-state index >= 15 is 0 Å². The van der Waals surface area contributed by atoms with Gasteiger partial charge in [-0.15, -0.1) is 0 Å². The highest BCUT2D eigenvalue weighted by molar-refractivity contribution is 9.10. The lowest BCUT2D eigenvalue weighted by Crippen LogP contribution is -2.35. The fourth-order valence-corrected chi connectivity index (χ4v) is 2.83. The summed E-state index contributed by atoms with van der Waals surface area (Å²) in [5.74, 6) is -0.849. The van der Waals surface area contributed by atoms with Crippen molar-refractivity contribution in [1.29, 1.82) is 0 Å². The second kappa shape index (κ2) is 7.74. The lowest BCUT2D eigenvalue weighted by atomic mass is 10.2. The summed E-state index contributed by atoms with van der Waals surface area (Å²) in [6, 6.07) is 4.75. The van der Waals surface area contributed by atoms with Crippen molar-refractivity contribution in [2.75, 3.05) is 26.2 Å². The molecule has 1 fully saturated rings. The number of hydrogen-bond acceptors (Lipinski definition) is 2. The van der Waals surface area contributed by atoms with Gasteiger partial charge < -0.3 is 10.2 Å². The third-order valence-corrected chi connectivity index (χ3v) is 4.22. The highest BCUT2D eigenvalue weighted by Gasteiger charge is 2.14. The van der Waals surface area contributed by atoms with Crippen LogP contribution >= 0.6 is 15.9 Å². The van der Waals surface area contributed by atoms with E-state index in [0.717, 1.165) is 19.6 Å². The van der Waals surface area contributed by atoms with Crippen LogP contribution in [0.1, 0.15) is 36.0 Å². The number of amides is 1. The molecule has 0 spiro atoms. The standard InChI is InChI=1S/C15H20BrFN2O/c16-13-7-5-6-12(14(13)17)15(20)18-8-11-19-9-3-1-2-4-10-19/h5-7H,1-4,8-11H2,(H,18,20). The van der Waals surface area contributed by atoms with Crippen LogP contribution in [-0.4, -0.2) is 37.0 Å². The molecule has 1 aliphatic rings. The molecule has 1 aromatic rings. The van der Waals surface area contributed by atoms with E-state index in [1.807, 2.05) is 0 Å². The Hall–Kier alpha value is -0.940. The summed E-state index contributed by atoms with van der Waals surface area (Å²) in [7, 11) is 0. The Morgan fingerprint density at radius 3 is 2.65 bits per heavy atom. The molecular weight excluding hydrogens is 323 g/mol. The Bertz CT molecular complexity index is 459. The van der Waals surface area contributed by atoms with Gasteiger partial charge in [-0.2, -0.15) is 0 Å². The summed E-state index contributed by atoms with van der Waals surface area (Å²) in [4.78, 5) is 14.3. The summed E-state index contributed by atoms with van der Waals surface area (Å²) in [5.41, 5.74) is 0.0928. The molecule has 0 radical (unpaired) electrons. The average Bonchev–Trinajstić information content (AvgIpc) is 2.70. The van der Waals surface area contributed by atoms with E-state index in [1.54, 1.807) is 12.1 Å². The van der Waals surface area contributed by atoms with Crippen molar-refractivity contribution in [1.82, 2.24) is 10.2 Å². The fraction of sp³-hybridized carbons (Fsp3) is 0.533. The largest absolute Gasteiger partial charge is 0.351 e. The van der Waals surface area contributed by atoms with E-state index in [1.165, 1.54) is 31.7 Å². The van der Waals surface area contributed by atoms with Crippen LogP contribution < -0.4 is 5.32 Å². The lowest BCUT2D eigenvalue weighted by molar-refractivity contribution is 0.0944. The number of benzene rings is 1. The highest BCUT2D eigenvalue weighted by Crippen LogP contribution is 2.18. The van der Waals surface area contributed by atoms with Crippen LogP contribution in [0.2, 0.25) is 0 Å². The Morgan fingerprint density at radius 2 is 1.95 bits per heavy atom. The highest BCUT2D eigenvalue weighted by atomic mass is 79.9. The SMILES string of the molecule is O=C(NCCN1CCCCCC1)c1cccc(Br)c1F. The van der Waals surface area contributed by atoms with Crippen LogP contribution in [0.5, 0.6) is 0 Å².